The van der Waals surface area contributed by atoms with E-state index in [0.717, 1.165) is 62.5 Å². The highest BCUT2D eigenvalue weighted by Gasteiger charge is 2.72. The van der Waals surface area contributed by atoms with Crippen LogP contribution in [-0.4, -0.2) is 21.8 Å². The van der Waals surface area contributed by atoms with Gasteiger partial charge in [0.15, 0.2) is 5.78 Å². The van der Waals surface area contributed by atoms with E-state index in [-0.39, 0.29) is 50.4 Å². The molecule has 5 fully saturated rings. The second-order valence-corrected chi connectivity index (χ2v) is 16.4. The summed E-state index contributed by atoms with van der Waals surface area (Å²) in [6, 6.07) is 6.59. The van der Waals surface area contributed by atoms with Crippen molar-refractivity contribution in [1.29, 1.82) is 0 Å². The van der Waals surface area contributed by atoms with Gasteiger partial charge >= 0.3 is 5.97 Å². The lowest BCUT2D eigenvalue weighted by Gasteiger charge is -2.72. The third kappa shape index (κ3) is 3.96. The summed E-state index contributed by atoms with van der Waals surface area (Å²) in [6.45, 7) is 18.1. The standard InChI is InChI=1S/C37H49NO5/c1-22(2)26-13-16-37(32(40)41)18-17-35(6)27(30(26)37)11-12-29-34(5)21-24(19-23-9-8-10-25(20-23)38(42)43)31(39)33(3,4)28(34)14-15-36(29,35)7/h8-10,19-20,26-30H,1,11-18,21H2,2-7H3,(H,40,41)/t26?,27?,28?,29?,30?,34-,35-,36+,37-/m0/s1. The monoisotopic (exact) mass is 587 g/mol. The van der Waals surface area contributed by atoms with E-state index in [1.54, 1.807) is 12.1 Å². The maximum Gasteiger partial charge on any atom is 0.309 e. The second-order valence-electron chi connectivity index (χ2n) is 16.4. The third-order valence-corrected chi connectivity index (χ3v) is 14.5. The SMILES string of the molecule is C=C(C)C1CC[C@]2(C(=O)O)CC[C@@]3(C)C(CCC4[C@@]5(C)CC(=Cc6cccc([N+](=O)[O-])c6)C(=O)C(C)(C)C5CC[C@]43C)C12. The molecule has 9 atom stereocenters. The first-order valence-corrected chi connectivity index (χ1v) is 16.4. The van der Waals surface area contributed by atoms with E-state index >= 15 is 0 Å². The Balaban J connectivity index is 1.41. The number of nitro benzene ring substituents is 1. The maximum absolute atomic E-state index is 14.1. The Kier molecular flexibility index (Phi) is 6.77. The van der Waals surface area contributed by atoms with Crippen LogP contribution in [-0.2, 0) is 9.59 Å². The molecule has 0 radical (unpaired) electrons. The average Bonchev–Trinajstić information content (AvgIpc) is 3.34. The molecule has 0 amide bonds. The molecule has 5 aliphatic rings. The number of Topliss-reactive ketones (excluding diaryl/α,β-unsaturated/α-hetero) is 1. The zero-order chi connectivity index (χ0) is 31.3. The highest BCUT2D eigenvalue weighted by Crippen LogP contribution is 2.77. The molecule has 5 aliphatic carbocycles. The van der Waals surface area contributed by atoms with Crippen LogP contribution in [0.15, 0.2) is 42.0 Å². The van der Waals surface area contributed by atoms with Gasteiger partial charge in [0.05, 0.1) is 10.3 Å². The van der Waals surface area contributed by atoms with Crippen LogP contribution in [0.2, 0.25) is 0 Å². The Hall–Kier alpha value is -2.76. The number of rotatable bonds is 4. The molecule has 6 rings (SSSR count). The lowest BCUT2D eigenvalue weighted by Crippen LogP contribution is -2.67. The molecule has 1 aromatic carbocycles. The normalized spacial score (nSPS) is 44.1. The Bertz CT molecular complexity index is 1440. The van der Waals surface area contributed by atoms with Gasteiger partial charge in [0.25, 0.3) is 5.69 Å². The first-order chi connectivity index (χ1) is 20.0. The maximum atomic E-state index is 14.1. The second kappa shape index (κ2) is 9.62. The fraction of sp³-hybridized carbons (Fsp3) is 0.676. The summed E-state index contributed by atoms with van der Waals surface area (Å²) < 4.78 is 0. The van der Waals surface area contributed by atoms with Gasteiger partial charge in [-0.2, -0.15) is 0 Å². The number of nitro groups is 1. The number of benzene rings is 1. The summed E-state index contributed by atoms with van der Waals surface area (Å²) in [5, 5.41) is 22.1. The molecule has 232 valence electrons. The first-order valence-electron chi connectivity index (χ1n) is 16.4. The molecule has 5 saturated carbocycles. The van der Waals surface area contributed by atoms with Crippen molar-refractivity contribution in [2.75, 3.05) is 0 Å². The van der Waals surface area contributed by atoms with Crippen LogP contribution in [0.4, 0.5) is 5.69 Å². The van der Waals surface area contributed by atoms with E-state index in [1.165, 1.54) is 6.07 Å². The molecule has 43 heavy (non-hydrogen) atoms. The van der Waals surface area contributed by atoms with Crippen molar-refractivity contribution in [3.05, 3.63) is 57.7 Å². The van der Waals surface area contributed by atoms with E-state index in [9.17, 15) is 24.8 Å². The summed E-state index contributed by atoms with van der Waals surface area (Å²) in [5.41, 5.74) is 1.45. The number of nitrogens with zero attached hydrogens (tertiary/aromatic N) is 1. The molecular formula is C37H49NO5. The minimum atomic E-state index is -0.633. The van der Waals surface area contributed by atoms with Gasteiger partial charge in [-0.05, 0) is 128 Å². The first kappa shape index (κ1) is 30.3. The van der Waals surface area contributed by atoms with Crippen LogP contribution in [0.5, 0.6) is 0 Å². The molecule has 5 unspecified atom stereocenters. The Morgan fingerprint density at radius 3 is 2.37 bits per heavy atom. The van der Waals surface area contributed by atoms with Crippen molar-refractivity contribution in [1.82, 2.24) is 0 Å². The van der Waals surface area contributed by atoms with Gasteiger partial charge in [-0.25, -0.2) is 0 Å². The highest BCUT2D eigenvalue weighted by molar-refractivity contribution is 6.04. The van der Waals surface area contributed by atoms with Crippen LogP contribution in [0.3, 0.4) is 0 Å². The van der Waals surface area contributed by atoms with Crippen molar-refractivity contribution in [3.63, 3.8) is 0 Å². The van der Waals surface area contributed by atoms with Crippen molar-refractivity contribution in [2.45, 2.75) is 99.3 Å². The highest BCUT2D eigenvalue weighted by atomic mass is 16.6. The van der Waals surface area contributed by atoms with Crippen LogP contribution >= 0.6 is 0 Å². The molecule has 0 spiro atoms. The van der Waals surface area contributed by atoms with Gasteiger partial charge in [0, 0.05) is 17.5 Å². The van der Waals surface area contributed by atoms with E-state index in [0.29, 0.717) is 23.8 Å². The molecule has 0 bridgehead atoms. The minimum absolute atomic E-state index is 0.0150. The molecule has 0 aliphatic heterocycles. The lowest BCUT2D eigenvalue weighted by molar-refractivity contribution is -0.384. The van der Waals surface area contributed by atoms with Crippen LogP contribution in [0.1, 0.15) is 105 Å². The van der Waals surface area contributed by atoms with E-state index in [2.05, 4.69) is 48.1 Å². The summed E-state index contributed by atoms with van der Waals surface area (Å²) in [7, 11) is 0. The predicted octanol–water partition coefficient (Wildman–Crippen LogP) is 8.90. The van der Waals surface area contributed by atoms with Gasteiger partial charge < -0.3 is 5.11 Å². The van der Waals surface area contributed by atoms with Gasteiger partial charge in [-0.1, -0.05) is 58.9 Å². The Morgan fingerprint density at radius 2 is 1.72 bits per heavy atom. The average molecular weight is 588 g/mol. The minimum Gasteiger partial charge on any atom is -0.481 e. The number of carbonyl (C=O) groups excluding carboxylic acids is 1. The zero-order valence-electron chi connectivity index (χ0n) is 26.9. The number of carbonyl (C=O) groups is 2. The van der Waals surface area contributed by atoms with Gasteiger partial charge in [0.2, 0.25) is 0 Å². The third-order valence-electron chi connectivity index (χ3n) is 14.5. The Morgan fingerprint density at radius 1 is 1.00 bits per heavy atom. The molecule has 0 aromatic heterocycles. The van der Waals surface area contributed by atoms with E-state index in [4.69, 9.17) is 0 Å². The summed E-state index contributed by atoms with van der Waals surface area (Å²) >= 11 is 0. The molecule has 1 N–H and O–H groups in total. The summed E-state index contributed by atoms with van der Waals surface area (Å²) in [4.78, 5) is 38.1. The molecule has 6 nitrogen and oxygen atoms in total. The van der Waals surface area contributed by atoms with Crippen LogP contribution in [0, 0.1) is 66.8 Å². The van der Waals surface area contributed by atoms with Crippen molar-refractivity contribution >= 4 is 23.5 Å². The number of aliphatic carboxylic acids is 1. The Labute approximate surface area is 256 Å². The smallest absolute Gasteiger partial charge is 0.309 e. The van der Waals surface area contributed by atoms with E-state index in [1.807, 2.05) is 12.1 Å². The van der Waals surface area contributed by atoms with Gasteiger partial charge in [-0.15, -0.1) is 0 Å². The number of hydrogen-bond acceptors (Lipinski definition) is 4. The van der Waals surface area contributed by atoms with Gasteiger partial charge in [0.1, 0.15) is 0 Å². The topological polar surface area (TPSA) is 97.5 Å². The number of ketones is 1. The zero-order valence-corrected chi connectivity index (χ0v) is 26.9. The lowest BCUT2D eigenvalue weighted by atomic mass is 9.32. The quantitative estimate of drug-likeness (QED) is 0.164. The van der Waals surface area contributed by atoms with Crippen LogP contribution in [0.25, 0.3) is 6.08 Å². The number of carboxylic acid groups (broad SMARTS) is 1. The van der Waals surface area contributed by atoms with Crippen molar-refractivity contribution in [2.24, 2.45) is 56.7 Å². The number of allylic oxidation sites excluding steroid dienone is 2. The molecule has 6 heteroatoms. The molecule has 0 heterocycles. The number of hydrogen-bond donors (Lipinski definition) is 1. The summed E-state index contributed by atoms with van der Waals surface area (Å²) in [6.07, 6.45) is 10.1. The predicted molar refractivity (Wildman–Crippen MR) is 168 cm³/mol. The van der Waals surface area contributed by atoms with Crippen LogP contribution < -0.4 is 0 Å². The fourth-order valence-corrected chi connectivity index (χ4v) is 12.4. The molecule has 0 saturated heterocycles. The fourth-order valence-electron chi connectivity index (χ4n) is 12.4. The summed E-state index contributed by atoms with van der Waals surface area (Å²) in [5.74, 6) is 0.980. The van der Waals surface area contributed by atoms with Crippen molar-refractivity contribution in [3.8, 4) is 0 Å². The largest absolute Gasteiger partial charge is 0.481 e. The van der Waals surface area contributed by atoms with Crippen molar-refractivity contribution < 1.29 is 19.6 Å². The number of carboxylic acids is 1. The number of fused-ring (bicyclic) bond motifs is 7. The number of non-ortho nitro benzene ring substituents is 1. The molecule has 1 aromatic rings. The molecular weight excluding hydrogens is 538 g/mol. The van der Waals surface area contributed by atoms with E-state index < -0.39 is 16.8 Å². The van der Waals surface area contributed by atoms with Gasteiger partial charge in [-0.3, -0.25) is 19.7 Å².